The van der Waals surface area contributed by atoms with E-state index in [9.17, 15) is 19.2 Å². The number of carbonyl (C=O) groups excluding carboxylic acids is 4. The first-order valence-corrected chi connectivity index (χ1v) is 28.8. The third-order valence-electron chi connectivity index (χ3n) is 14.4. The van der Waals surface area contributed by atoms with E-state index >= 15 is 0 Å². The molecule has 0 radical (unpaired) electrons. The zero-order valence-electron chi connectivity index (χ0n) is 45.8. The second-order valence-electron chi connectivity index (χ2n) is 20.6. The molecule has 8 rings (SSSR count). The number of nitrogens with two attached hydrogens (primary N) is 1. The molecular formula is C59H65Cl6N5O11. The molecule has 0 fully saturated rings. The lowest BCUT2D eigenvalue weighted by Gasteiger charge is -2.33. The first kappa shape index (κ1) is 61.4. The molecule has 4 aliphatic heterocycles. The molecule has 4 heterocycles. The fourth-order valence-electron chi connectivity index (χ4n) is 10.4. The van der Waals surface area contributed by atoms with Crippen LogP contribution in [-0.2, 0) is 20.7 Å². The van der Waals surface area contributed by atoms with Gasteiger partial charge in [0.2, 0.25) is 7.59 Å². The standard InChI is InChI=1S/C59H65Cl6N5O11/c1-35-22-40(56(73)80-33-58(60,61)62)23-39-27-52(50(75-5)28-45(39)54(71)68-32-42(25-47(35)68)38-12-10-13-43(66)24-38)78-19-8-7-9-20-79-53-30-49-46(29-51(53)76-6)55(72)69-31-41(37-14-16-44(17-15-37)77-21-11-18-67(3)4)26-48(69)36(2)70(49)57(74)81-34-59(63,64)65/h10,12-17,22,24,27-32,35-36,47-48H,7-9,11,18-21,23,25-26,33-34,66H2,1-6H3. The Morgan fingerprint density at radius 2 is 1.25 bits per heavy atom. The normalized spacial score (nSPS) is 18.9. The van der Waals surface area contributed by atoms with Crippen LogP contribution in [0.25, 0.3) is 11.1 Å². The summed E-state index contributed by atoms with van der Waals surface area (Å²) < 4.78 is 37.5. The summed E-state index contributed by atoms with van der Waals surface area (Å²) in [5.74, 6) is 0.381. The van der Waals surface area contributed by atoms with Gasteiger partial charge >= 0.3 is 12.1 Å². The number of alkyl halides is 6. The van der Waals surface area contributed by atoms with E-state index in [4.69, 9.17) is 108 Å². The number of amides is 3. The summed E-state index contributed by atoms with van der Waals surface area (Å²) in [6, 6.07) is 20.3. The summed E-state index contributed by atoms with van der Waals surface area (Å²) >= 11 is 36.0. The van der Waals surface area contributed by atoms with Crippen molar-refractivity contribution in [3.8, 4) is 28.7 Å². The maximum Gasteiger partial charge on any atom is 0.414 e. The van der Waals surface area contributed by atoms with Gasteiger partial charge in [0.05, 0.1) is 57.4 Å². The van der Waals surface area contributed by atoms with Crippen LogP contribution >= 0.6 is 69.6 Å². The molecule has 0 aliphatic carbocycles. The van der Waals surface area contributed by atoms with Crippen LogP contribution in [-0.4, -0.2) is 132 Å². The average Bonchev–Trinajstić information content (AvgIpc) is 4.31. The summed E-state index contributed by atoms with van der Waals surface area (Å²) in [7, 11) is 7.01. The third kappa shape index (κ3) is 15.3. The fraction of sp³-hybridized carbons (Fsp3) is 0.424. The minimum absolute atomic E-state index is 0.0155. The van der Waals surface area contributed by atoms with Crippen molar-refractivity contribution in [1.82, 2.24) is 14.7 Å². The molecule has 0 spiro atoms. The Kier molecular flexibility index (Phi) is 20.2. The molecule has 0 aromatic heterocycles. The maximum absolute atomic E-state index is 14.7. The summed E-state index contributed by atoms with van der Waals surface area (Å²) in [5.41, 5.74) is 11.9. The molecule has 3 amide bonds. The molecule has 0 saturated heterocycles. The Bertz CT molecular complexity index is 3070. The summed E-state index contributed by atoms with van der Waals surface area (Å²) in [4.78, 5) is 64.0. The Morgan fingerprint density at radius 1 is 0.667 bits per heavy atom. The quantitative estimate of drug-likeness (QED) is 0.0384. The third-order valence-corrected chi connectivity index (χ3v) is 15.1. The fourth-order valence-corrected chi connectivity index (χ4v) is 10.7. The molecule has 2 N–H and O–H groups in total. The van der Waals surface area contributed by atoms with E-state index in [2.05, 4.69) is 4.90 Å². The Labute approximate surface area is 502 Å². The summed E-state index contributed by atoms with van der Waals surface area (Å²) in [6.07, 6.45) is 8.30. The lowest BCUT2D eigenvalue weighted by atomic mass is 9.92. The molecule has 4 aromatic rings. The van der Waals surface area contributed by atoms with Gasteiger partial charge in [-0.05, 0) is 136 Å². The Hall–Kier alpha value is -5.72. The van der Waals surface area contributed by atoms with E-state index in [0.29, 0.717) is 72.8 Å². The Morgan fingerprint density at radius 3 is 1.88 bits per heavy atom. The predicted molar refractivity (Wildman–Crippen MR) is 318 cm³/mol. The molecule has 4 atom stereocenters. The highest BCUT2D eigenvalue weighted by Gasteiger charge is 2.45. The number of hydrogen-bond acceptors (Lipinski definition) is 13. The number of esters is 1. The van der Waals surface area contributed by atoms with Crippen LogP contribution in [0, 0.1) is 5.92 Å². The van der Waals surface area contributed by atoms with E-state index < -0.39 is 44.9 Å². The van der Waals surface area contributed by atoms with Gasteiger partial charge in [-0.2, -0.15) is 0 Å². The number of ether oxygens (including phenoxy) is 7. The van der Waals surface area contributed by atoms with Crippen LogP contribution in [0.1, 0.15) is 89.8 Å². The largest absolute Gasteiger partial charge is 0.494 e. The minimum atomic E-state index is -1.89. The van der Waals surface area contributed by atoms with Crippen LogP contribution in [0.5, 0.6) is 28.7 Å². The van der Waals surface area contributed by atoms with Crippen LogP contribution in [0.15, 0.2) is 96.8 Å². The molecular weight excluding hydrogens is 1170 g/mol. The predicted octanol–water partition coefficient (Wildman–Crippen LogP) is 12.5. The van der Waals surface area contributed by atoms with Crippen molar-refractivity contribution in [2.24, 2.45) is 5.92 Å². The number of methoxy groups -OCH3 is 2. The molecule has 16 nitrogen and oxygen atoms in total. The van der Waals surface area contributed by atoms with Crippen LogP contribution < -0.4 is 34.3 Å². The van der Waals surface area contributed by atoms with Crippen molar-refractivity contribution in [2.75, 3.05) is 78.5 Å². The number of anilines is 2. The number of hydrogen-bond donors (Lipinski definition) is 1. The number of rotatable bonds is 20. The lowest BCUT2D eigenvalue weighted by molar-refractivity contribution is -0.139. The number of nitrogens with zero attached hydrogens (tertiary/aromatic N) is 4. The van der Waals surface area contributed by atoms with Crippen molar-refractivity contribution in [3.05, 3.63) is 125 Å². The summed E-state index contributed by atoms with van der Waals surface area (Å²) in [5, 5.41) is 0. The zero-order chi connectivity index (χ0) is 58.3. The van der Waals surface area contributed by atoms with Gasteiger partial charge in [0.25, 0.3) is 11.8 Å². The highest BCUT2D eigenvalue weighted by molar-refractivity contribution is 6.68. The number of carbonyl (C=O) groups is 4. The molecule has 22 heteroatoms. The van der Waals surface area contributed by atoms with Crippen molar-refractivity contribution in [2.45, 2.75) is 84.5 Å². The van der Waals surface area contributed by atoms with Gasteiger partial charge in [0, 0.05) is 54.3 Å². The van der Waals surface area contributed by atoms with Crippen LogP contribution in [0.4, 0.5) is 16.2 Å². The smallest absolute Gasteiger partial charge is 0.414 e. The first-order valence-electron chi connectivity index (χ1n) is 26.5. The van der Waals surface area contributed by atoms with Crippen molar-refractivity contribution >= 4 is 116 Å². The van der Waals surface area contributed by atoms with E-state index in [1.165, 1.54) is 19.1 Å². The van der Waals surface area contributed by atoms with Gasteiger partial charge in [0.15, 0.2) is 23.0 Å². The lowest BCUT2D eigenvalue weighted by Crippen LogP contribution is -2.49. The monoisotopic (exact) mass is 1230 g/mol. The highest BCUT2D eigenvalue weighted by Crippen LogP contribution is 2.45. The zero-order valence-corrected chi connectivity index (χ0v) is 50.3. The van der Waals surface area contributed by atoms with E-state index in [0.717, 1.165) is 41.0 Å². The molecule has 81 heavy (non-hydrogen) atoms. The number of halogens is 6. The minimum Gasteiger partial charge on any atom is -0.494 e. The topological polar surface area (TPSA) is 172 Å². The first-order chi connectivity index (χ1) is 38.5. The molecule has 4 unspecified atom stereocenters. The van der Waals surface area contributed by atoms with Crippen LogP contribution in [0.2, 0.25) is 0 Å². The van der Waals surface area contributed by atoms with Crippen molar-refractivity contribution in [3.63, 3.8) is 0 Å². The number of benzene rings is 4. The van der Waals surface area contributed by atoms with Crippen LogP contribution in [0.3, 0.4) is 0 Å². The second kappa shape index (κ2) is 26.7. The second-order valence-corrected chi connectivity index (χ2v) is 25.6. The SMILES string of the molecule is COc1cc2c(cc1OCCCCCOc1cc3c(cc1OC)C(=O)N1C=C(c4ccc(OCCCN(C)C)cc4)CC1C(C)N3C(=O)OCC(Cl)(Cl)Cl)CC(C(=O)OCC(Cl)(Cl)Cl)=CC(C)C1CC(c3cccc(N)c3)=CN1C2=O. The molecule has 4 aliphatic rings. The van der Waals surface area contributed by atoms with E-state index in [1.807, 2.05) is 88.9 Å². The van der Waals surface area contributed by atoms with Gasteiger partial charge in [-0.1, -0.05) is 107 Å². The summed E-state index contributed by atoms with van der Waals surface area (Å²) in [6.45, 7) is 4.75. The number of unbranched alkanes of at least 4 members (excludes halogenated alkanes) is 2. The van der Waals surface area contributed by atoms with Gasteiger partial charge in [-0.15, -0.1) is 0 Å². The van der Waals surface area contributed by atoms with Gasteiger partial charge in [-0.3, -0.25) is 14.5 Å². The van der Waals surface area contributed by atoms with Crippen molar-refractivity contribution < 1.29 is 52.3 Å². The van der Waals surface area contributed by atoms with E-state index in [-0.39, 0.29) is 66.0 Å². The maximum atomic E-state index is 14.7. The molecule has 434 valence electrons. The molecule has 4 aromatic carbocycles. The molecule has 0 saturated carbocycles. The van der Waals surface area contributed by atoms with Crippen molar-refractivity contribution in [1.29, 1.82) is 0 Å². The number of nitrogen functional groups attached to an aromatic ring is 1. The average molecular weight is 1230 g/mol. The number of fused-ring (bicyclic) bond motifs is 4. The van der Waals surface area contributed by atoms with Gasteiger partial charge in [0.1, 0.15) is 19.0 Å². The van der Waals surface area contributed by atoms with Gasteiger partial charge in [-0.25, -0.2) is 9.59 Å². The van der Waals surface area contributed by atoms with E-state index in [1.54, 1.807) is 40.1 Å². The Balaban J connectivity index is 0.963. The highest BCUT2D eigenvalue weighted by atomic mass is 35.6. The molecule has 0 bridgehead atoms. The van der Waals surface area contributed by atoms with Gasteiger partial charge < -0.3 is 53.6 Å².